The Kier molecular flexibility index (Phi) is 16.8. The van der Waals surface area contributed by atoms with Gasteiger partial charge in [0.1, 0.15) is 24.2 Å². The Balaban J connectivity index is 3.52. The number of carbonyl (C=O) groups is 4. The van der Waals surface area contributed by atoms with Crippen molar-refractivity contribution < 1.29 is 38.1 Å². The molecule has 4 atom stereocenters. The van der Waals surface area contributed by atoms with Crippen LogP contribution in [0.1, 0.15) is 26.7 Å². The molecule has 40 heavy (non-hydrogen) atoms. The fourth-order valence-corrected chi connectivity index (χ4v) is 5.20. The zero-order valence-corrected chi connectivity index (χ0v) is 25.0. The van der Waals surface area contributed by atoms with E-state index < -0.39 is 36.1 Å². The summed E-state index contributed by atoms with van der Waals surface area (Å²) in [6, 6.07) is -2.46. The molecule has 4 N–H and O–H groups in total. The molecule has 0 radical (unpaired) electrons. The van der Waals surface area contributed by atoms with Crippen molar-refractivity contribution in [3.8, 4) is 0 Å². The SMILES string of the molecule is CCC(C(=O)OC)N1CCN(C(CC)C(=O)OC)CCN(C(CN)C(=O)OC)CCN(C(CN)C(=O)OC)CC1. The molecule has 1 heterocycles. The molecule has 0 amide bonds. The highest BCUT2D eigenvalue weighted by Crippen LogP contribution is 2.14. The van der Waals surface area contributed by atoms with Gasteiger partial charge in [-0.15, -0.1) is 0 Å². The van der Waals surface area contributed by atoms with Crippen molar-refractivity contribution in [3.63, 3.8) is 0 Å². The number of hydrogen-bond donors (Lipinski definition) is 2. The fraction of sp³-hybridized carbons (Fsp3) is 0.846. The van der Waals surface area contributed by atoms with Gasteiger partial charge in [-0.1, -0.05) is 13.8 Å². The van der Waals surface area contributed by atoms with E-state index in [9.17, 15) is 19.2 Å². The third-order valence-electron chi connectivity index (χ3n) is 7.57. The van der Waals surface area contributed by atoms with Crippen molar-refractivity contribution in [1.82, 2.24) is 19.6 Å². The van der Waals surface area contributed by atoms with Crippen LogP contribution in [0.25, 0.3) is 0 Å². The molecule has 1 aliphatic heterocycles. The van der Waals surface area contributed by atoms with Crippen molar-refractivity contribution in [2.45, 2.75) is 50.9 Å². The van der Waals surface area contributed by atoms with E-state index in [-0.39, 0.29) is 25.0 Å². The van der Waals surface area contributed by atoms with Gasteiger partial charge in [-0.2, -0.15) is 0 Å². The van der Waals surface area contributed by atoms with Crippen LogP contribution < -0.4 is 11.5 Å². The Bertz CT molecular complexity index is 659. The largest absolute Gasteiger partial charge is 0.468 e. The van der Waals surface area contributed by atoms with Gasteiger partial charge in [-0.3, -0.25) is 38.8 Å². The third-order valence-corrected chi connectivity index (χ3v) is 7.57. The van der Waals surface area contributed by atoms with Crippen molar-refractivity contribution in [2.24, 2.45) is 11.5 Å². The molecule has 1 fully saturated rings. The van der Waals surface area contributed by atoms with E-state index in [0.29, 0.717) is 65.2 Å². The molecule has 1 rings (SSSR count). The lowest BCUT2D eigenvalue weighted by Gasteiger charge is -2.40. The smallest absolute Gasteiger partial charge is 0.324 e. The topological polar surface area (TPSA) is 170 Å². The van der Waals surface area contributed by atoms with Crippen LogP contribution >= 0.6 is 0 Å². The molecule has 1 aliphatic rings. The quantitative estimate of drug-likeness (QED) is 0.196. The maximum absolute atomic E-state index is 12.7. The van der Waals surface area contributed by atoms with Crippen LogP contribution in [-0.4, -0.2) is 162 Å². The Morgan fingerprint density at radius 3 is 0.875 bits per heavy atom. The van der Waals surface area contributed by atoms with Crippen LogP contribution in [0.15, 0.2) is 0 Å². The molecule has 0 aliphatic carbocycles. The Morgan fingerprint density at radius 1 is 0.500 bits per heavy atom. The molecule has 232 valence electrons. The van der Waals surface area contributed by atoms with Crippen molar-refractivity contribution in [3.05, 3.63) is 0 Å². The first kappa shape index (κ1) is 35.7. The first-order chi connectivity index (χ1) is 19.2. The minimum Gasteiger partial charge on any atom is -0.468 e. The van der Waals surface area contributed by atoms with Crippen molar-refractivity contribution >= 4 is 23.9 Å². The molecule has 0 bridgehead atoms. The second-order valence-corrected chi connectivity index (χ2v) is 9.59. The van der Waals surface area contributed by atoms with E-state index >= 15 is 0 Å². The molecule has 14 heteroatoms. The van der Waals surface area contributed by atoms with Gasteiger partial charge in [-0.25, -0.2) is 0 Å². The zero-order chi connectivity index (χ0) is 30.2. The minimum absolute atomic E-state index is 0.0310. The van der Waals surface area contributed by atoms with Gasteiger partial charge in [-0.05, 0) is 12.8 Å². The van der Waals surface area contributed by atoms with Crippen LogP contribution in [0.5, 0.6) is 0 Å². The molecule has 0 aromatic rings. The molecule has 4 unspecified atom stereocenters. The number of nitrogens with zero attached hydrogens (tertiary/aromatic N) is 4. The van der Waals surface area contributed by atoms with Crippen LogP contribution in [0.2, 0.25) is 0 Å². The van der Waals surface area contributed by atoms with Gasteiger partial charge in [0.2, 0.25) is 0 Å². The van der Waals surface area contributed by atoms with Crippen LogP contribution in [0, 0.1) is 0 Å². The molecule has 1 saturated heterocycles. The number of esters is 4. The second-order valence-electron chi connectivity index (χ2n) is 9.59. The Labute approximate surface area is 238 Å². The highest BCUT2D eigenvalue weighted by Gasteiger charge is 2.34. The van der Waals surface area contributed by atoms with Crippen LogP contribution in [-0.2, 0) is 38.1 Å². The fourth-order valence-electron chi connectivity index (χ4n) is 5.20. The summed E-state index contributed by atoms with van der Waals surface area (Å²) < 4.78 is 20.2. The highest BCUT2D eigenvalue weighted by atomic mass is 16.5. The average Bonchev–Trinajstić information content (AvgIpc) is 2.97. The maximum Gasteiger partial charge on any atom is 0.324 e. The normalized spacial score (nSPS) is 20.2. The zero-order valence-electron chi connectivity index (χ0n) is 25.0. The third kappa shape index (κ3) is 9.93. The molecular formula is C26H50N6O8. The molecule has 14 nitrogen and oxygen atoms in total. The van der Waals surface area contributed by atoms with Gasteiger partial charge in [0.05, 0.1) is 28.4 Å². The Hall–Kier alpha value is -2.36. The van der Waals surface area contributed by atoms with E-state index in [1.54, 1.807) is 0 Å². The second kappa shape index (κ2) is 18.9. The van der Waals surface area contributed by atoms with E-state index in [4.69, 9.17) is 30.4 Å². The lowest BCUT2D eigenvalue weighted by molar-refractivity contribution is -0.151. The summed E-state index contributed by atoms with van der Waals surface area (Å²) in [5.74, 6) is -1.64. The number of methoxy groups -OCH3 is 4. The highest BCUT2D eigenvalue weighted by molar-refractivity contribution is 5.77. The molecule has 0 aromatic carbocycles. The van der Waals surface area contributed by atoms with Gasteiger partial charge in [0.25, 0.3) is 0 Å². The van der Waals surface area contributed by atoms with Crippen LogP contribution in [0.4, 0.5) is 0 Å². The molecule has 0 spiro atoms. The first-order valence-corrected chi connectivity index (χ1v) is 13.8. The summed E-state index contributed by atoms with van der Waals surface area (Å²) in [7, 11) is 5.34. The monoisotopic (exact) mass is 574 g/mol. The van der Waals surface area contributed by atoms with Crippen molar-refractivity contribution in [2.75, 3.05) is 93.9 Å². The Morgan fingerprint density at radius 2 is 0.700 bits per heavy atom. The average molecular weight is 575 g/mol. The van der Waals surface area contributed by atoms with Gasteiger partial charge < -0.3 is 30.4 Å². The summed E-state index contributed by atoms with van der Waals surface area (Å²) in [5.41, 5.74) is 12.0. The summed E-state index contributed by atoms with van der Waals surface area (Å²) in [6.07, 6.45) is 1.03. The minimum atomic E-state index is -0.718. The van der Waals surface area contributed by atoms with E-state index in [1.807, 2.05) is 33.4 Å². The van der Waals surface area contributed by atoms with Crippen molar-refractivity contribution in [1.29, 1.82) is 0 Å². The van der Waals surface area contributed by atoms with Crippen LogP contribution in [0.3, 0.4) is 0 Å². The maximum atomic E-state index is 12.7. The first-order valence-electron chi connectivity index (χ1n) is 13.8. The predicted molar refractivity (Wildman–Crippen MR) is 148 cm³/mol. The number of carbonyl (C=O) groups excluding carboxylic acids is 4. The number of rotatable bonds is 12. The van der Waals surface area contributed by atoms with E-state index in [1.165, 1.54) is 28.4 Å². The van der Waals surface area contributed by atoms with E-state index in [2.05, 4.69) is 0 Å². The van der Waals surface area contributed by atoms with Gasteiger partial charge in [0, 0.05) is 65.4 Å². The summed E-state index contributed by atoms with van der Waals surface area (Å²) in [5, 5.41) is 0. The molecular weight excluding hydrogens is 524 g/mol. The summed E-state index contributed by atoms with van der Waals surface area (Å²) >= 11 is 0. The molecule has 0 aromatic heterocycles. The summed E-state index contributed by atoms with van der Waals surface area (Å²) in [4.78, 5) is 58.5. The van der Waals surface area contributed by atoms with Gasteiger partial charge in [0.15, 0.2) is 0 Å². The standard InChI is InChI=1S/C26H50N6O8/c1-7-19(23(33)37-3)29-9-10-30(20(8-2)24(34)38-4)12-14-32(22(18-28)26(36)40-6)16-15-31(13-11-29)21(17-27)25(35)39-5/h19-22H,7-18,27-28H2,1-6H3. The predicted octanol–water partition coefficient (Wildman–Crippen LogP) is -1.89. The number of ether oxygens (including phenoxy) is 4. The summed E-state index contributed by atoms with van der Waals surface area (Å²) in [6.45, 7) is 7.10. The molecule has 0 saturated carbocycles. The van der Waals surface area contributed by atoms with E-state index in [0.717, 1.165) is 0 Å². The number of nitrogens with two attached hydrogens (primary N) is 2. The lowest BCUT2D eigenvalue weighted by Crippen LogP contribution is -2.58. The van der Waals surface area contributed by atoms with Gasteiger partial charge >= 0.3 is 23.9 Å². The lowest BCUT2D eigenvalue weighted by atomic mass is 10.1. The number of hydrogen-bond acceptors (Lipinski definition) is 14.